The Morgan fingerprint density at radius 1 is 1.53 bits per heavy atom. The van der Waals surface area contributed by atoms with E-state index in [2.05, 4.69) is 0 Å². The number of rotatable bonds is 6. The number of anilines is 1. The Balaban J connectivity index is 2.82. The molecule has 0 heterocycles. The van der Waals surface area contributed by atoms with Crippen molar-refractivity contribution in [3.63, 3.8) is 0 Å². The van der Waals surface area contributed by atoms with E-state index in [1.54, 1.807) is 6.07 Å². The first kappa shape index (κ1) is 15.0. The van der Waals surface area contributed by atoms with E-state index in [4.69, 9.17) is 15.1 Å². The second-order valence-corrected chi connectivity index (χ2v) is 4.49. The van der Waals surface area contributed by atoms with Gasteiger partial charge in [-0.15, -0.1) is 0 Å². The minimum absolute atomic E-state index is 0.118. The van der Waals surface area contributed by atoms with Crippen molar-refractivity contribution in [1.82, 2.24) is 0 Å². The van der Waals surface area contributed by atoms with E-state index in [0.29, 0.717) is 24.4 Å². The average molecular weight is 262 g/mol. The SMILES string of the molecule is CC(C)OCCN(C)c1ccc(C(=O)O)cc1C#N. The molecule has 5 heteroatoms. The molecular formula is C14H18N2O3. The molecule has 0 atom stereocenters. The third kappa shape index (κ3) is 4.27. The lowest BCUT2D eigenvalue weighted by atomic mass is 10.1. The first-order valence-corrected chi connectivity index (χ1v) is 6.06. The van der Waals surface area contributed by atoms with Crippen LogP contribution in [0.25, 0.3) is 0 Å². The molecule has 0 saturated carbocycles. The van der Waals surface area contributed by atoms with Crippen LogP contribution in [-0.2, 0) is 4.74 Å². The molecule has 0 aliphatic heterocycles. The molecule has 19 heavy (non-hydrogen) atoms. The molecule has 0 bridgehead atoms. The topological polar surface area (TPSA) is 73.6 Å². The number of aromatic carboxylic acids is 1. The first-order valence-electron chi connectivity index (χ1n) is 6.06. The van der Waals surface area contributed by atoms with Crippen LogP contribution in [0, 0.1) is 11.3 Å². The summed E-state index contributed by atoms with van der Waals surface area (Å²) in [5.41, 5.74) is 1.18. The predicted molar refractivity (Wildman–Crippen MR) is 72.5 cm³/mol. The number of hydrogen-bond donors (Lipinski definition) is 1. The van der Waals surface area contributed by atoms with Gasteiger partial charge >= 0.3 is 5.97 Å². The first-order chi connectivity index (χ1) is 8.95. The summed E-state index contributed by atoms with van der Waals surface area (Å²) in [6, 6.07) is 6.56. The van der Waals surface area contributed by atoms with Gasteiger partial charge in [0.15, 0.2) is 0 Å². The summed E-state index contributed by atoms with van der Waals surface area (Å²) in [6.45, 7) is 5.11. The normalized spacial score (nSPS) is 10.3. The number of carboxylic acids is 1. The molecule has 102 valence electrons. The van der Waals surface area contributed by atoms with Gasteiger partial charge in [-0.1, -0.05) is 0 Å². The van der Waals surface area contributed by atoms with Crippen LogP contribution in [0.1, 0.15) is 29.8 Å². The molecule has 0 unspecified atom stereocenters. The molecule has 1 aromatic carbocycles. The van der Waals surface area contributed by atoms with E-state index < -0.39 is 5.97 Å². The third-order valence-corrected chi connectivity index (χ3v) is 2.65. The van der Waals surface area contributed by atoms with Gasteiger partial charge in [-0.2, -0.15) is 5.26 Å². The van der Waals surface area contributed by atoms with Gasteiger partial charge in [-0.25, -0.2) is 4.79 Å². The zero-order chi connectivity index (χ0) is 14.4. The number of likely N-dealkylation sites (N-methyl/N-ethyl adjacent to an activating group) is 1. The van der Waals surface area contributed by atoms with Crippen molar-refractivity contribution in [1.29, 1.82) is 5.26 Å². The standard InChI is InChI=1S/C14H18N2O3/c1-10(2)19-7-6-16(3)13-5-4-11(14(17)18)8-12(13)9-15/h4-5,8,10H,6-7H2,1-3H3,(H,17,18). The highest BCUT2D eigenvalue weighted by Crippen LogP contribution is 2.20. The molecule has 1 rings (SSSR count). The highest BCUT2D eigenvalue weighted by Gasteiger charge is 2.11. The van der Waals surface area contributed by atoms with Crippen LogP contribution in [0.2, 0.25) is 0 Å². The van der Waals surface area contributed by atoms with Gasteiger partial charge in [0.05, 0.1) is 29.5 Å². The highest BCUT2D eigenvalue weighted by molar-refractivity contribution is 5.89. The quantitative estimate of drug-likeness (QED) is 0.850. The molecule has 0 spiro atoms. The second kappa shape index (κ2) is 6.76. The fourth-order valence-corrected chi connectivity index (χ4v) is 1.64. The van der Waals surface area contributed by atoms with Gasteiger partial charge in [-0.05, 0) is 32.0 Å². The smallest absolute Gasteiger partial charge is 0.335 e. The molecule has 0 radical (unpaired) electrons. The monoisotopic (exact) mass is 262 g/mol. The van der Waals surface area contributed by atoms with Gasteiger partial charge in [-0.3, -0.25) is 0 Å². The Morgan fingerprint density at radius 2 is 2.21 bits per heavy atom. The maximum Gasteiger partial charge on any atom is 0.335 e. The fraction of sp³-hybridized carbons (Fsp3) is 0.429. The summed E-state index contributed by atoms with van der Waals surface area (Å²) >= 11 is 0. The number of benzene rings is 1. The fourth-order valence-electron chi connectivity index (χ4n) is 1.64. The Hall–Kier alpha value is -2.06. The molecule has 0 aliphatic carbocycles. The number of nitriles is 1. The van der Waals surface area contributed by atoms with Crippen molar-refractivity contribution in [2.45, 2.75) is 20.0 Å². The zero-order valence-electron chi connectivity index (χ0n) is 11.4. The van der Waals surface area contributed by atoms with Gasteiger partial charge in [0.25, 0.3) is 0 Å². The molecule has 0 saturated heterocycles. The van der Waals surface area contributed by atoms with Crippen LogP contribution in [-0.4, -0.2) is 37.4 Å². The van der Waals surface area contributed by atoms with E-state index in [9.17, 15) is 4.79 Å². The van der Waals surface area contributed by atoms with Crippen molar-refractivity contribution in [2.75, 3.05) is 25.1 Å². The maximum atomic E-state index is 10.9. The van der Waals surface area contributed by atoms with Crippen LogP contribution in [0.4, 0.5) is 5.69 Å². The molecule has 1 N–H and O–H groups in total. The molecule has 1 aromatic rings. The van der Waals surface area contributed by atoms with Crippen LogP contribution < -0.4 is 4.90 Å². The molecule has 0 amide bonds. The summed E-state index contributed by atoms with van der Waals surface area (Å²) < 4.78 is 5.45. The molecule has 0 aliphatic rings. The lowest BCUT2D eigenvalue weighted by Gasteiger charge is -2.21. The average Bonchev–Trinajstić information content (AvgIpc) is 2.37. The summed E-state index contributed by atoms with van der Waals surface area (Å²) in [6.07, 6.45) is 0.165. The molecule has 0 aromatic heterocycles. The van der Waals surface area contributed by atoms with E-state index in [1.165, 1.54) is 12.1 Å². The summed E-state index contributed by atoms with van der Waals surface area (Å²) in [7, 11) is 1.85. The minimum atomic E-state index is -1.03. The Labute approximate surface area is 113 Å². The van der Waals surface area contributed by atoms with Crippen LogP contribution in [0.5, 0.6) is 0 Å². The summed E-state index contributed by atoms with van der Waals surface area (Å²) in [5, 5.41) is 18.0. The largest absolute Gasteiger partial charge is 0.478 e. The Morgan fingerprint density at radius 3 is 2.74 bits per heavy atom. The summed E-state index contributed by atoms with van der Waals surface area (Å²) in [4.78, 5) is 12.7. The summed E-state index contributed by atoms with van der Waals surface area (Å²) in [5.74, 6) is -1.03. The van der Waals surface area contributed by atoms with Crippen LogP contribution in [0.3, 0.4) is 0 Å². The van der Waals surface area contributed by atoms with E-state index in [-0.39, 0.29) is 11.7 Å². The van der Waals surface area contributed by atoms with Gasteiger partial charge in [0.1, 0.15) is 6.07 Å². The predicted octanol–water partition coefficient (Wildman–Crippen LogP) is 2.12. The van der Waals surface area contributed by atoms with Gasteiger partial charge in [0, 0.05) is 13.6 Å². The van der Waals surface area contributed by atoms with Crippen molar-refractivity contribution < 1.29 is 14.6 Å². The Bertz CT molecular complexity index is 492. The lowest BCUT2D eigenvalue weighted by Crippen LogP contribution is -2.24. The number of carbonyl (C=O) groups is 1. The highest BCUT2D eigenvalue weighted by atomic mass is 16.5. The van der Waals surface area contributed by atoms with Gasteiger partial charge in [0.2, 0.25) is 0 Å². The number of hydrogen-bond acceptors (Lipinski definition) is 4. The van der Waals surface area contributed by atoms with E-state index in [1.807, 2.05) is 31.9 Å². The third-order valence-electron chi connectivity index (χ3n) is 2.65. The van der Waals surface area contributed by atoms with Crippen LogP contribution >= 0.6 is 0 Å². The van der Waals surface area contributed by atoms with Crippen molar-refractivity contribution in [2.24, 2.45) is 0 Å². The van der Waals surface area contributed by atoms with Crippen molar-refractivity contribution >= 4 is 11.7 Å². The van der Waals surface area contributed by atoms with Crippen molar-refractivity contribution in [3.8, 4) is 6.07 Å². The van der Waals surface area contributed by atoms with E-state index in [0.717, 1.165) is 0 Å². The van der Waals surface area contributed by atoms with Gasteiger partial charge < -0.3 is 14.7 Å². The molecule has 5 nitrogen and oxygen atoms in total. The second-order valence-electron chi connectivity index (χ2n) is 4.49. The maximum absolute atomic E-state index is 10.9. The molecular weight excluding hydrogens is 244 g/mol. The number of nitrogens with zero attached hydrogens (tertiary/aromatic N) is 2. The number of carboxylic acid groups (broad SMARTS) is 1. The minimum Gasteiger partial charge on any atom is -0.478 e. The molecule has 0 fully saturated rings. The Kier molecular flexibility index (Phi) is 5.34. The zero-order valence-corrected chi connectivity index (χ0v) is 11.4. The number of ether oxygens (including phenoxy) is 1. The lowest BCUT2D eigenvalue weighted by molar-refractivity contribution is 0.0696. The van der Waals surface area contributed by atoms with Crippen molar-refractivity contribution in [3.05, 3.63) is 29.3 Å². The van der Waals surface area contributed by atoms with Crippen LogP contribution in [0.15, 0.2) is 18.2 Å². The van der Waals surface area contributed by atoms with E-state index >= 15 is 0 Å².